The summed E-state index contributed by atoms with van der Waals surface area (Å²) in [5.41, 5.74) is 6.16. The number of aliphatic hydroxyl groups excluding tert-OH is 1. The quantitative estimate of drug-likeness (QED) is 0.0250. The van der Waals surface area contributed by atoms with Crippen LogP contribution in [0, 0.1) is 28.9 Å². The number of aliphatic hydroxyl groups is 1. The van der Waals surface area contributed by atoms with E-state index in [4.69, 9.17) is 39.6 Å². The molecule has 0 bridgehead atoms. The molecule has 85 heavy (non-hydrogen) atoms. The number of aliphatic carboxylic acids is 1. The number of halogens is 5. The molecule has 1 aliphatic heterocycles. The summed E-state index contributed by atoms with van der Waals surface area (Å²) in [5.74, 6) is -6.69. The maximum absolute atomic E-state index is 15.2. The molecule has 0 saturated heterocycles. The molecule has 0 saturated carbocycles. The lowest BCUT2D eigenvalue weighted by atomic mass is 9.84. The molecular weight excluding hydrogens is 1120 g/mol. The summed E-state index contributed by atoms with van der Waals surface area (Å²) in [6.07, 6.45) is 2.32. The summed E-state index contributed by atoms with van der Waals surface area (Å²) in [5, 5.41) is 20.3. The zero-order valence-electron chi connectivity index (χ0n) is 49.2. The normalized spacial score (nSPS) is 13.6. The molecule has 4 rings (SSSR count). The van der Waals surface area contributed by atoms with Crippen LogP contribution in [0.15, 0.2) is 66.9 Å². The Hall–Kier alpha value is -6.64. The van der Waals surface area contributed by atoms with Crippen LogP contribution in [0.3, 0.4) is 0 Å². The minimum absolute atomic E-state index is 0.0263. The van der Waals surface area contributed by atoms with Crippen LogP contribution < -0.4 is 11.1 Å². The Balaban J connectivity index is 0.00000253. The minimum atomic E-state index is -5.08. The number of carboxylic acids is 1. The highest BCUT2D eigenvalue weighted by Crippen LogP contribution is 2.40. The molecule has 4 amide bonds. The van der Waals surface area contributed by atoms with Gasteiger partial charge in [-0.3, -0.25) is 38.5 Å². The second-order valence-electron chi connectivity index (χ2n) is 21.7. The highest BCUT2D eigenvalue weighted by atomic mass is 19.4. The fourth-order valence-corrected chi connectivity index (χ4v) is 9.01. The molecule has 0 spiro atoms. The van der Waals surface area contributed by atoms with Crippen molar-refractivity contribution in [1.82, 2.24) is 24.7 Å². The summed E-state index contributed by atoms with van der Waals surface area (Å²) in [6, 6.07) is 11.1. The van der Waals surface area contributed by atoms with Gasteiger partial charge in [0, 0.05) is 88.2 Å². The van der Waals surface area contributed by atoms with Crippen molar-refractivity contribution in [2.75, 3.05) is 79.1 Å². The Morgan fingerprint density at radius 1 is 0.753 bits per heavy atom. The SMILES string of the molecule is CC(C)[C@H](CC(=O)CCOCCOCCOCCOCCCC(=O)CCN1C(=O)C=CC1=O)C(=O)N[C@@H](CCCCN)C(=O)CCCCN(C(=O)CO)[C@@H](c1nc(-c2cc(F)ccc2F)cn1Cc1ccccc1)C(C)(C)C.O=C(O)C(F)(F)F. The van der Waals surface area contributed by atoms with E-state index in [1.54, 1.807) is 6.20 Å². The number of imidazole rings is 1. The lowest BCUT2D eigenvalue weighted by Crippen LogP contribution is -2.45. The number of carbonyl (C=O) groups excluding carboxylic acids is 7. The lowest BCUT2D eigenvalue weighted by molar-refractivity contribution is -0.192. The Morgan fingerprint density at radius 2 is 1.35 bits per heavy atom. The molecule has 5 N–H and O–H groups in total. The van der Waals surface area contributed by atoms with Gasteiger partial charge in [0.05, 0.1) is 64.0 Å². The van der Waals surface area contributed by atoms with Gasteiger partial charge in [-0.25, -0.2) is 18.6 Å². The average molecular weight is 1210 g/mol. The third-order valence-electron chi connectivity index (χ3n) is 13.5. The van der Waals surface area contributed by atoms with Gasteiger partial charge in [-0.15, -0.1) is 0 Å². The van der Waals surface area contributed by atoms with E-state index in [9.17, 15) is 56.2 Å². The topological polar surface area (TPSA) is 276 Å². The number of ether oxygens (including phenoxy) is 4. The number of hydrogen-bond donors (Lipinski definition) is 4. The highest BCUT2D eigenvalue weighted by molar-refractivity contribution is 6.13. The summed E-state index contributed by atoms with van der Waals surface area (Å²) >= 11 is 0. The summed E-state index contributed by atoms with van der Waals surface area (Å²) in [6.45, 7) is 12.1. The van der Waals surface area contributed by atoms with Gasteiger partial charge < -0.3 is 49.7 Å². The Kier molecular flexibility index (Phi) is 32.2. The maximum atomic E-state index is 15.2. The van der Waals surface area contributed by atoms with E-state index in [0.717, 1.165) is 28.7 Å². The van der Waals surface area contributed by atoms with E-state index in [1.165, 1.54) is 17.1 Å². The minimum Gasteiger partial charge on any atom is -0.475 e. The van der Waals surface area contributed by atoms with E-state index in [0.29, 0.717) is 96.9 Å². The number of carboxylic acid groups (broad SMARTS) is 1. The summed E-state index contributed by atoms with van der Waals surface area (Å²) in [4.78, 5) is 106. The molecular formula is C60H83F5N6O14. The number of rotatable bonds is 40. The Labute approximate surface area is 492 Å². The van der Waals surface area contributed by atoms with Gasteiger partial charge in [-0.1, -0.05) is 65.0 Å². The molecule has 25 heteroatoms. The van der Waals surface area contributed by atoms with Crippen LogP contribution >= 0.6 is 0 Å². The largest absolute Gasteiger partial charge is 0.490 e. The van der Waals surface area contributed by atoms with Crippen molar-refractivity contribution < 1.29 is 89.5 Å². The van der Waals surface area contributed by atoms with Crippen LogP contribution in [0.5, 0.6) is 0 Å². The van der Waals surface area contributed by atoms with Crippen molar-refractivity contribution >= 4 is 46.9 Å². The summed E-state index contributed by atoms with van der Waals surface area (Å²) in [7, 11) is 0. The standard InChI is InChI=1S/C58H82F2N6O12.C2HF3O2/c1-41(2)46(37-45(69)24-29-76-31-33-78-35-34-77-32-30-75-28-13-16-44(68)23-27-65-52(71)21-22-53(65)72)57(74)63-49(17-9-11-25-61)51(70)18-10-12-26-66(54(73)40-67)55(58(3,4)5)56-62-50(47-36-43(59)19-20-48(47)60)39-64(56)38-42-14-7-6-8-15-42;3-2(4,5)1(6)7/h6-8,14-15,19-22,36,39,41,46,49,55,67H,9-13,16-18,23-35,37-38,40,61H2,1-5H3,(H,63,74);(H,6,7)/t46-,49-,55-;/m0./s1. The predicted molar refractivity (Wildman–Crippen MR) is 302 cm³/mol. The number of unbranched alkanes of at least 4 members (excludes halogenated alkanes) is 2. The van der Waals surface area contributed by atoms with Crippen molar-refractivity contribution in [3.8, 4) is 11.3 Å². The monoisotopic (exact) mass is 1210 g/mol. The zero-order chi connectivity index (χ0) is 63.1. The lowest BCUT2D eigenvalue weighted by Gasteiger charge is -2.40. The molecule has 1 aliphatic rings. The molecule has 0 fully saturated rings. The van der Waals surface area contributed by atoms with E-state index in [2.05, 4.69) is 5.32 Å². The third-order valence-corrected chi connectivity index (χ3v) is 13.5. The third kappa shape index (κ3) is 26.7. The van der Waals surface area contributed by atoms with Crippen molar-refractivity contribution in [2.24, 2.45) is 23.0 Å². The first-order chi connectivity index (χ1) is 40.3. The molecule has 1 aromatic heterocycles. The molecule has 472 valence electrons. The van der Waals surface area contributed by atoms with Crippen LogP contribution in [-0.2, 0) is 63.8 Å². The molecule has 0 radical (unpaired) electrons. The van der Waals surface area contributed by atoms with Gasteiger partial charge in [-0.2, -0.15) is 13.2 Å². The number of Topliss-reactive ketones (excluding diaryl/α,β-unsaturated/α-hetero) is 3. The van der Waals surface area contributed by atoms with E-state index in [-0.39, 0.29) is 93.1 Å². The van der Waals surface area contributed by atoms with Crippen molar-refractivity contribution in [2.45, 2.75) is 130 Å². The van der Waals surface area contributed by atoms with Crippen LogP contribution in [0.2, 0.25) is 0 Å². The maximum Gasteiger partial charge on any atom is 0.490 e. The number of nitrogens with two attached hydrogens (primary N) is 1. The average Bonchev–Trinajstić information content (AvgIpc) is 2.12. The first kappa shape index (κ1) is 72.6. The number of amides is 4. The molecule has 0 aliphatic carbocycles. The molecule has 20 nitrogen and oxygen atoms in total. The van der Waals surface area contributed by atoms with E-state index < -0.39 is 77.4 Å². The van der Waals surface area contributed by atoms with Crippen molar-refractivity contribution in [3.05, 3.63) is 89.9 Å². The molecule has 0 unspecified atom stereocenters. The number of nitrogens with one attached hydrogen (secondary N) is 1. The van der Waals surface area contributed by atoms with E-state index in [1.807, 2.05) is 69.5 Å². The zero-order valence-corrected chi connectivity index (χ0v) is 49.2. The molecule has 3 atom stereocenters. The van der Waals surface area contributed by atoms with Gasteiger partial charge in [0.25, 0.3) is 11.8 Å². The molecule has 3 aromatic rings. The number of alkyl halides is 3. The van der Waals surface area contributed by atoms with Crippen LogP contribution in [0.4, 0.5) is 22.0 Å². The first-order valence-corrected chi connectivity index (χ1v) is 28.5. The molecule has 2 heterocycles. The Morgan fingerprint density at radius 3 is 1.92 bits per heavy atom. The van der Waals surface area contributed by atoms with Gasteiger partial charge >= 0.3 is 12.1 Å². The van der Waals surface area contributed by atoms with Gasteiger partial charge in [0.15, 0.2) is 5.78 Å². The number of ketones is 3. The van der Waals surface area contributed by atoms with Crippen LogP contribution in [-0.4, -0.2) is 168 Å². The number of imide groups is 1. The van der Waals surface area contributed by atoms with E-state index >= 15 is 4.39 Å². The highest BCUT2D eigenvalue weighted by Gasteiger charge is 2.39. The number of hydrogen-bond acceptors (Lipinski definition) is 15. The van der Waals surface area contributed by atoms with Crippen LogP contribution in [0.25, 0.3) is 11.3 Å². The smallest absolute Gasteiger partial charge is 0.475 e. The fourth-order valence-electron chi connectivity index (χ4n) is 9.01. The second-order valence-corrected chi connectivity index (χ2v) is 21.7. The van der Waals surface area contributed by atoms with Crippen molar-refractivity contribution in [1.29, 1.82) is 0 Å². The van der Waals surface area contributed by atoms with Gasteiger partial charge in [0.2, 0.25) is 11.8 Å². The number of carbonyl (C=O) groups is 8. The van der Waals surface area contributed by atoms with Gasteiger partial charge in [-0.05, 0) is 80.2 Å². The second kappa shape index (κ2) is 37.7. The number of aromatic nitrogens is 2. The van der Waals surface area contributed by atoms with Gasteiger partial charge in [0.1, 0.15) is 35.6 Å². The Bertz CT molecular complexity index is 2630. The summed E-state index contributed by atoms with van der Waals surface area (Å²) < 4.78 is 85.3. The van der Waals surface area contributed by atoms with Crippen molar-refractivity contribution in [3.63, 3.8) is 0 Å². The molecule has 2 aromatic carbocycles. The van der Waals surface area contributed by atoms with Crippen LogP contribution in [0.1, 0.15) is 123 Å². The first-order valence-electron chi connectivity index (χ1n) is 28.5. The number of nitrogens with zero attached hydrogens (tertiary/aromatic N) is 4. The predicted octanol–water partition coefficient (Wildman–Crippen LogP) is 7.12. The number of benzene rings is 2. The fraction of sp³-hybridized carbons (Fsp3) is 0.583.